The fraction of sp³-hybridized carbons (Fsp3) is 0.846. The van der Waals surface area contributed by atoms with Crippen molar-refractivity contribution in [3.63, 3.8) is 0 Å². The van der Waals surface area contributed by atoms with E-state index in [9.17, 15) is 10.2 Å². The molecule has 4 aliphatic carbocycles. The molecular formula is C26H42N2O4. The summed E-state index contributed by atoms with van der Waals surface area (Å²) in [6, 6.07) is 1.79. The van der Waals surface area contributed by atoms with Gasteiger partial charge in [-0.15, -0.1) is 0 Å². The number of hydrogen-bond acceptors (Lipinski definition) is 6. The molecule has 0 aliphatic heterocycles. The molecule has 0 aromatic carbocycles. The van der Waals surface area contributed by atoms with Gasteiger partial charge in [0, 0.05) is 23.6 Å². The van der Waals surface area contributed by atoms with Crippen molar-refractivity contribution in [2.75, 3.05) is 13.2 Å². The number of aliphatic hydroxyl groups is 2. The number of nitrogens with two attached hydrogens (primary N) is 2. The molecule has 4 fully saturated rings. The Labute approximate surface area is 192 Å². The van der Waals surface area contributed by atoms with Gasteiger partial charge in [0.15, 0.2) is 0 Å². The van der Waals surface area contributed by atoms with Crippen molar-refractivity contribution in [2.24, 2.45) is 40.1 Å². The van der Waals surface area contributed by atoms with E-state index in [1.54, 1.807) is 12.5 Å². The van der Waals surface area contributed by atoms with Crippen LogP contribution in [0.2, 0.25) is 0 Å². The van der Waals surface area contributed by atoms with E-state index in [0.717, 1.165) is 50.5 Å². The minimum Gasteiger partial charge on any atom is -0.472 e. The molecule has 6 heteroatoms. The molecule has 32 heavy (non-hydrogen) atoms. The first kappa shape index (κ1) is 22.9. The summed E-state index contributed by atoms with van der Waals surface area (Å²) >= 11 is 0. The standard InChI is InChI=1S/C26H42N2O4/c1-23-8-5-20(32-16-19(28)14-27)13-17(23)3-4-22-21(23)6-9-24(2)25(29,10-11-26(22,24)30)18-7-12-31-15-18/h7,12,15,17,19-22,29-30H,3-6,8-11,13-14,16,27-28H2,1-2H3/t17-,19?,20+,21+,22-,23+,24-,25+,26+/m1/s1. The maximum absolute atomic E-state index is 12.3. The Bertz CT molecular complexity index is 817. The van der Waals surface area contributed by atoms with Crippen LogP contribution in [0.5, 0.6) is 0 Å². The lowest BCUT2D eigenvalue weighted by atomic mass is 9.43. The number of hydrogen-bond donors (Lipinski definition) is 4. The van der Waals surface area contributed by atoms with Gasteiger partial charge in [-0.1, -0.05) is 13.8 Å². The van der Waals surface area contributed by atoms with Crippen LogP contribution in [0.25, 0.3) is 0 Å². The highest BCUT2D eigenvalue weighted by atomic mass is 16.5. The Hall–Kier alpha value is -0.920. The summed E-state index contributed by atoms with van der Waals surface area (Å²) in [5.41, 5.74) is 10.3. The quantitative estimate of drug-likeness (QED) is 0.552. The monoisotopic (exact) mass is 446 g/mol. The number of fused-ring (bicyclic) bond motifs is 5. The number of ether oxygens (including phenoxy) is 1. The third kappa shape index (κ3) is 3.02. The summed E-state index contributed by atoms with van der Waals surface area (Å²) < 4.78 is 11.5. The molecule has 1 unspecified atom stereocenters. The van der Waals surface area contributed by atoms with Crippen LogP contribution in [0.3, 0.4) is 0 Å². The van der Waals surface area contributed by atoms with Gasteiger partial charge in [-0.2, -0.15) is 0 Å². The molecule has 0 amide bonds. The Morgan fingerprint density at radius 3 is 2.62 bits per heavy atom. The maximum Gasteiger partial charge on any atom is 0.101 e. The van der Waals surface area contributed by atoms with E-state index in [1.165, 1.54) is 0 Å². The third-order valence-corrected chi connectivity index (χ3v) is 10.8. The largest absolute Gasteiger partial charge is 0.472 e. The van der Waals surface area contributed by atoms with E-state index < -0.39 is 16.6 Å². The predicted octanol–water partition coefficient (Wildman–Crippen LogP) is 3.30. The fourth-order valence-corrected chi connectivity index (χ4v) is 8.65. The van der Waals surface area contributed by atoms with Crippen molar-refractivity contribution in [1.29, 1.82) is 0 Å². The zero-order valence-electron chi connectivity index (χ0n) is 19.8. The van der Waals surface area contributed by atoms with E-state index in [1.807, 2.05) is 6.07 Å². The van der Waals surface area contributed by atoms with Gasteiger partial charge in [0.25, 0.3) is 0 Å². The van der Waals surface area contributed by atoms with Crippen molar-refractivity contribution < 1.29 is 19.4 Å². The molecule has 0 radical (unpaired) electrons. The first-order chi connectivity index (χ1) is 15.2. The number of rotatable bonds is 5. The summed E-state index contributed by atoms with van der Waals surface area (Å²) in [5, 5.41) is 24.1. The lowest BCUT2D eigenvalue weighted by Crippen LogP contribution is -2.64. The van der Waals surface area contributed by atoms with Crippen molar-refractivity contribution in [1.82, 2.24) is 0 Å². The highest BCUT2D eigenvalue weighted by molar-refractivity contribution is 5.30. The molecule has 5 rings (SSSR count). The van der Waals surface area contributed by atoms with Gasteiger partial charge in [-0.25, -0.2) is 0 Å². The molecule has 1 aromatic rings. The average Bonchev–Trinajstić information content (AvgIpc) is 3.39. The second-order valence-corrected chi connectivity index (χ2v) is 11.9. The first-order valence-corrected chi connectivity index (χ1v) is 12.7. The molecule has 4 saturated carbocycles. The van der Waals surface area contributed by atoms with Crippen molar-refractivity contribution in [3.8, 4) is 0 Å². The van der Waals surface area contributed by atoms with Crippen LogP contribution in [-0.2, 0) is 10.3 Å². The Morgan fingerprint density at radius 1 is 1.09 bits per heavy atom. The second-order valence-electron chi connectivity index (χ2n) is 11.9. The van der Waals surface area contributed by atoms with Gasteiger partial charge in [0.05, 0.1) is 30.8 Å². The van der Waals surface area contributed by atoms with Crippen LogP contribution in [0.4, 0.5) is 0 Å². The predicted molar refractivity (Wildman–Crippen MR) is 123 cm³/mol. The van der Waals surface area contributed by atoms with Crippen LogP contribution < -0.4 is 11.5 Å². The summed E-state index contributed by atoms with van der Waals surface area (Å²) in [6.07, 6.45) is 12.2. The van der Waals surface area contributed by atoms with Crippen LogP contribution in [0, 0.1) is 28.6 Å². The van der Waals surface area contributed by atoms with Crippen LogP contribution >= 0.6 is 0 Å². The molecule has 0 saturated heterocycles. The van der Waals surface area contributed by atoms with Gasteiger partial charge in [0.1, 0.15) is 5.60 Å². The molecule has 0 bridgehead atoms. The SMILES string of the molecule is C[C@]12CC[C@H](OCC(N)CN)C[C@H]1CC[C@@H]1[C@@H]2CC[C@]2(C)[C@@](O)(c3ccoc3)CC[C@]12O. The second kappa shape index (κ2) is 7.81. The Balaban J connectivity index is 1.36. The molecule has 180 valence electrons. The lowest BCUT2D eigenvalue weighted by molar-refractivity contribution is -0.239. The summed E-state index contributed by atoms with van der Waals surface area (Å²) in [4.78, 5) is 0. The Morgan fingerprint density at radius 2 is 1.91 bits per heavy atom. The smallest absolute Gasteiger partial charge is 0.101 e. The molecule has 4 aliphatic rings. The van der Waals surface area contributed by atoms with E-state index in [4.69, 9.17) is 20.6 Å². The summed E-state index contributed by atoms with van der Waals surface area (Å²) in [6.45, 7) is 5.60. The third-order valence-electron chi connectivity index (χ3n) is 10.8. The molecular weight excluding hydrogens is 404 g/mol. The zero-order valence-corrected chi connectivity index (χ0v) is 19.8. The molecule has 1 heterocycles. The van der Waals surface area contributed by atoms with Crippen LogP contribution in [0.15, 0.2) is 23.0 Å². The molecule has 6 nitrogen and oxygen atoms in total. The number of furan rings is 1. The average molecular weight is 447 g/mol. The van der Waals surface area contributed by atoms with Crippen molar-refractivity contribution >= 4 is 0 Å². The zero-order chi connectivity index (χ0) is 22.8. The molecule has 0 spiro atoms. The lowest BCUT2D eigenvalue weighted by Gasteiger charge is -2.64. The van der Waals surface area contributed by atoms with Crippen LogP contribution in [-0.4, -0.2) is 41.1 Å². The van der Waals surface area contributed by atoms with Crippen molar-refractivity contribution in [2.45, 2.75) is 95.0 Å². The van der Waals surface area contributed by atoms with Gasteiger partial charge in [-0.3, -0.25) is 0 Å². The highest BCUT2D eigenvalue weighted by Crippen LogP contribution is 2.71. The van der Waals surface area contributed by atoms with Gasteiger partial charge < -0.3 is 30.8 Å². The van der Waals surface area contributed by atoms with E-state index in [0.29, 0.717) is 37.8 Å². The fourth-order valence-electron chi connectivity index (χ4n) is 8.65. The maximum atomic E-state index is 12.3. The van der Waals surface area contributed by atoms with Gasteiger partial charge in [-0.05, 0) is 87.0 Å². The highest BCUT2D eigenvalue weighted by Gasteiger charge is 2.72. The molecule has 6 N–H and O–H groups in total. The minimum absolute atomic E-state index is 0.0827. The van der Waals surface area contributed by atoms with E-state index in [2.05, 4.69) is 13.8 Å². The van der Waals surface area contributed by atoms with Crippen LogP contribution in [0.1, 0.15) is 77.2 Å². The first-order valence-electron chi connectivity index (χ1n) is 12.7. The summed E-state index contributed by atoms with van der Waals surface area (Å²) in [7, 11) is 0. The minimum atomic E-state index is -1.02. The molecule has 1 aromatic heterocycles. The van der Waals surface area contributed by atoms with Gasteiger partial charge >= 0.3 is 0 Å². The van der Waals surface area contributed by atoms with Gasteiger partial charge in [0.2, 0.25) is 0 Å². The topological polar surface area (TPSA) is 115 Å². The molecule has 9 atom stereocenters. The van der Waals surface area contributed by atoms with Crippen molar-refractivity contribution in [3.05, 3.63) is 24.2 Å². The summed E-state index contributed by atoms with van der Waals surface area (Å²) in [5.74, 6) is 1.36. The normalized spacial score (nSPS) is 49.2. The van der Waals surface area contributed by atoms with E-state index >= 15 is 0 Å². The van der Waals surface area contributed by atoms with E-state index in [-0.39, 0.29) is 23.5 Å². The Kier molecular flexibility index (Phi) is 5.58.